The van der Waals surface area contributed by atoms with E-state index < -0.39 is 11.8 Å². The second-order valence-electron chi connectivity index (χ2n) is 4.08. The lowest BCUT2D eigenvalue weighted by atomic mass is 10.3. The highest BCUT2D eigenvalue weighted by Gasteiger charge is 2.14. The lowest BCUT2D eigenvalue weighted by Crippen LogP contribution is -2.29. The predicted octanol–water partition coefficient (Wildman–Crippen LogP) is 2.73. The molecule has 0 radical (unpaired) electrons. The van der Waals surface area contributed by atoms with Crippen molar-refractivity contribution < 1.29 is 9.59 Å². The highest BCUT2D eigenvalue weighted by atomic mass is 79.9. The Morgan fingerprint density at radius 3 is 2.30 bits per heavy atom. The molecule has 6 heteroatoms. The molecule has 0 bridgehead atoms. The van der Waals surface area contributed by atoms with Gasteiger partial charge in [-0.15, -0.1) is 0 Å². The van der Waals surface area contributed by atoms with Gasteiger partial charge in [0.15, 0.2) is 0 Å². The fourth-order valence-electron chi connectivity index (χ4n) is 1.51. The van der Waals surface area contributed by atoms with Crippen LogP contribution < -0.4 is 10.6 Å². The molecule has 20 heavy (non-hydrogen) atoms. The molecule has 0 aliphatic heterocycles. The molecule has 0 fully saturated rings. The number of pyridine rings is 1. The topological polar surface area (TPSA) is 71.1 Å². The molecule has 1 heterocycles. The van der Waals surface area contributed by atoms with Gasteiger partial charge >= 0.3 is 11.8 Å². The Labute approximate surface area is 124 Å². The van der Waals surface area contributed by atoms with Gasteiger partial charge in [0, 0.05) is 15.9 Å². The number of nitrogens with one attached hydrogen (secondary N) is 2. The van der Waals surface area contributed by atoms with Crippen molar-refractivity contribution in [2.75, 3.05) is 10.6 Å². The Hall–Kier alpha value is -2.21. The minimum atomic E-state index is -0.758. The third-order valence-corrected chi connectivity index (χ3v) is 2.97. The number of amides is 2. The van der Waals surface area contributed by atoms with Gasteiger partial charge in [-0.1, -0.05) is 22.0 Å². The predicted molar refractivity (Wildman–Crippen MR) is 80.4 cm³/mol. The van der Waals surface area contributed by atoms with E-state index in [4.69, 9.17) is 0 Å². The highest BCUT2D eigenvalue weighted by Crippen LogP contribution is 2.14. The Balaban J connectivity index is 1.98. The maximum atomic E-state index is 11.7. The van der Waals surface area contributed by atoms with E-state index >= 15 is 0 Å². The summed E-state index contributed by atoms with van der Waals surface area (Å²) in [6, 6.07) is 12.1. The van der Waals surface area contributed by atoms with Crippen molar-refractivity contribution in [3.8, 4) is 0 Å². The summed E-state index contributed by atoms with van der Waals surface area (Å²) in [5.74, 6) is -1.15. The first-order chi connectivity index (χ1) is 9.54. The molecule has 0 spiro atoms. The maximum Gasteiger partial charge on any atom is 0.315 e. The molecule has 0 saturated heterocycles. The standard InChI is InChI=1S/C14H12BrN3O2/c1-9-3-2-4-12(16-9)18-14(20)13(19)17-11-7-5-10(15)6-8-11/h2-8H,1H3,(H,17,19)(H,16,18,20). The van der Waals surface area contributed by atoms with Gasteiger partial charge in [-0.3, -0.25) is 9.59 Å². The SMILES string of the molecule is Cc1cccc(NC(=O)C(=O)Nc2ccc(Br)cc2)n1. The molecule has 2 aromatic rings. The number of aryl methyl sites for hydroxylation is 1. The van der Waals surface area contributed by atoms with E-state index in [9.17, 15) is 9.59 Å². The quantitative estimate of drug-likeness (QED) is 0.830. The van der Waals surface area contributed by atoms with Crippen molar-refractivity contribution in [3.63, 3.8) is 0 Å². The molecule has 0 aliphatic carbocycles. The second kappa shape index (κ2) is 6.29. The van der Waals surface area contributed by atoms with E-state index in [0.29, 0.717) is 11.5 Å². The van der Waals surface area contributed by atoms with Crippen LogP contribution in [0, 0.1) is 6.92 Å². The van der Waals surface area contributed by atoms with E-state index in [-0.39, 0.29) is 0 Å². The summed E-state index contributed by atoms with van der Waals surface area (Å²) in [7, 11) is 0. The number of anilines is 2. The number of carbonyl (C=O) groups excluding carboxylic acids is 2. The molecule has 0 aliphatic rings. The zero-order valence-electron chi connectivity index (χ0n) is 10.7. The van der Waals surface area contributed by atoms with Crippen LogP contribution in [0.3, 0.4) is 0 Å². The van der Waals surface area contributed by atoms with Crippen LogP contribution in [0.1, 0.15) is 5.69 Å². The highest BCUT2D eigenvalue weighted by molar-refractivity contribution is 9.10. The van der Waals surface area contributed by atoms with Crippen molar-refractivity contribution in [3.05, 3.63) is 52.6 Å². The molecule has 102 valence electrons. The van der Waals surface area contributed by atoms with Gasteiger partial charge in [-0.25, -0.2) is 4.98 Å². The number of nitrogens with zero attached hydrogens (tertiary/aromatic N) is 1. The summed E-state index contributed by atoms with van der Waals surface area (Å²) < 4.78 is 0.893. The van der Waals surface area contributed by atoms with Crippen molar-refractivity contribution in [2.24, 2.45) is 0 Å². The molecule has 1 aromatic carbocycles. The third-order valence-electron chi connectivity index (χ3n) is 2.44. The van der Waals surface area contributed by atoms with Crippen LogP contribution in [-0.2, 0) is 9.59 Å². The van der Waals surface area contributed by atoms with Gasteiger partial charge < -0.3 is 10.6 Å². The molecular weight excluding hydrogens is 322 g/mol. The first-order valence-corrected chi connectivity index (χ1v) is 6.65. The van der Waals surface area contributed by atoms with Gasteiger partial charge in [0.1, 0.15) is 5.82 Å². The summed E-state index contributed by atoms with van der Waals surface area (Å²) in [6.45, 7) is 1.80. The summed E-state index contributed by atoms with van der Waals surface area (Å²) >= 11 is 3.29. The van der Waals surface area contributed by atoms with E-state index in [1.54, 1.807) is 49.4 Å². The number of carbonyl (C=O) groups is 2. The minimum Gasteiger partial charge on any atom is -0.318 e. The van der Waals surface area contributed by atoms with Crippen LogP contribution in [0.4, 0.5) is 11.5 Å². The first-order valence-electron chi connectivity index (χ1n) is 5.86. The molecule has 1 aromatic heterocycles. The Bertz CT molecular complexity index is 641. The molecule has 0 saturated carbocycles. The van der Waals surface area contributed by atoms with Crippen molar-refractivity contribution in [1.82, 2.24) is 4.98 Å². The van der Waals surface area contributed by atoms with Crippen LogP contribution in [0.15, 0.2) is 46.9 Å². The van der Waals surface area contributed by atoms with Gasteiger partial charge in [-0.05, 0) is 43.3 Å². The second-order valence-corrected chi connectivity index (χ2v) is 5.00. The molecule has 0 unspecified atom stereocenters. The van der Waals surface area contributed by atoms with Gasteiger partial charge in [-0.2, -0.15) is 0 Å². The number of aromatic nitrogens is 1. The molecule has 2 amide bonds. The number of hydrogen-bond donors (Lipinski definition) is 2. The average molecular weight is 334 g/mol. The lowest BCUT2D eigenvalue weighted by molar-refractivity contribution is -0.133. The van der Waals surface area contributed by atoms with E-state index in [0.717, 1.165) is 10.2 Å². The zero-order valence-corrected chi connectivity index (χ0v) is 12.3. The smallest absolute Gasteiger partial charge is 0.315 e. The number of rotatable bonds is 2. The van der Waals surface area contributed by atoms with Crippen LogP contribution >= 0.6 is 15.9 Å². The van der Waals surface area contributed by atoms with Crippen molar-refractivity contribution in [2.45, 2.75) is 6.92 Å². The normalized spacial score (nSPS) is 9.90. The Kier molecular flexibility index (Phi) is 4.47. The van der Waals surface area contributed by atoms with E-state index in [2.05, 4.69) is 31.5 Å². The Morgan fingerprint density at radius 2 is 1.65 bits per heavy atom. The van der Waals surface area contributed by atoms with Crippen molar-refractivity contribution >= 4 is 39.2 Å². The number of benzene rings is 1. The minimum absolute atomic E-state index is 0.348. The van der Waals surface area contributed by atoms with Crippen LogP contribution in [0.5, 0.6) is 0 Å². The molecule has 2 rings (SSSR count). The Morgan fingerprint density at radius 1 is 1.00 bits per heavy atom. The molecule has 2 N–H and O–H groups in total. The maximum absolute atomic E-state index is 11.7. The van der Waals surface area contributed by atoms with Crippen LogP contribution in [0.2, 0.25) is 0 Å². The summed E-state index contributed by atoms with van der Waals surface area (Å²) in [5.41, 5.74) is 1.31. The molecule has 5 nitrogen and oxygen atoms in total. The van der Waals surface area contributed by atoms with Crippen molar-refractivity contribution in [1.29, 1.82) is 0 Å². The third kappa shape index (κ3) is 3.89. The lowest BCUT2D eigenvalue weighted by Gasteiger charge is -2.06. The largest absolute Gasteiger partial charge is 0.318 e. The van der Waals surface area contributed by atoms with Crippen LogP contribution in [0.25, 0.3) is 0 Å². The summed E-state index contributed by atoms with van der Waals surface area (Å²) in [6.07, 6.45) is 0. The summed E-state index contributed by atoms with van der Waals surface area (Å²) in [4.78, 5) is 27.5. The molecular formula is C14H12BrN3O2. The first kappa shape index (κ1) is 14.2. The monoisotopic (exact) mass is 333 g/mol. The van der Waals surface area contributed by atoms with Gasteiger partial charge in [0.05, 0.1) is 0 Å². The fraction of sp³-hybridized carbons (Fsp3) is 0.0714. The zero-order chi connectivity index (χ0) is 14.5. The fourth-order valence-corrected chi connectivity index (χ4v) is 1.77. The number of halogens is 1. The summed E-state index contributed by atoms with van der Waals surface area (Å²) in [5, 5.41) is 4.95. The molecule has 0 atom stereocenters. The van der Waals surface area contributed by atoms with E-state index in [1.807, 2.05) is 0 Å². The van der Waals surface area contributed by atoms with Crippen LogP contribution in [-0.4, -0.2) is 16.8 Å². The van der Waals surface area contributed by atoms with Gasteiger partial charge in [0.2, 0.25) is 0 Å². The van der Waals surface area contributed by atoms with E-state index in [1.165, 1.54) is 0 Å². The number of hydrogen-bond acceptors (Lipinski definition) is 3. The van der Waals surface area contributed by atoms with Gasteiger partial charge in [0.25, 0.3) is 0 Å². The average Bonchev–Trinajstić information content (AvgIpc) is 2.41.